The normalized spacial score (nSPS) is 13.6. The topological polar surface area (TPSA) is 106 Å². The number of halogens is 3. The standard InChI is InChI=1S/C31H28F3N5O3/c1-20-27(26-10-4-3-9-25(26)22-14-12-21(18-35)13-15-22)19-38(29(41)37-16-6-11-28(40)36-2)30(42)39(20)24-8-5-7-23(17-24)31(32,33)34/h3-5,7-10,12-15,17H,6,11,16,19H2,1-2H3,(H,36,40)(H,37,41). The molecule has 1 heterocycles. The second kappa shape index (κ2) is 12.6. The Morgan fingerprint density at radius 2 is 1.69 bits per heavy atom. The molecule has 42 heavy (non-hydrogen) atoms. The van der Waals surface area contributed by atoms with E-state index in [4.69, 9.17) is 0 Å². The second-order valence-corrected chi connectivity index (χ2v) is 9.56. The van der Waals surface area contributed by atoms with E-state index >= 15 is 0 Å². The van der Waals surface area contributed by atoms with Crippen LogP contribution in [0.2, 0.25) is 0 Å². The van der Waals surface area contributed by atoms with Crippen molar-refractivity contribution in [1.29, 1.82) is 5.26 Å². The predicted octanol–water partition coefficient (Wildman–Crippen LogP) is 6.15. The van der Waals surface area contributed by atoms with E-state index in [9.17, 15) is 32.8 Å². The van der Waals surface area contributed by atoms with Gasteiger partial charge in [0.2, 0.25) is 5.91 Å². The zero-order valence-corrected chi connectivity index (χ0v) is 23.0. The second-order valence-electron chi connectivity index (χ2n) is 9.56. The third kappa shape index (κ3) is 6.44. The van der Waals surface area contributed by atoms with Crippen LogP contribution in [0.15, 0.2) is 78.5 Å². The molecule has 3 aromatic rings. The van der Waals surface area contributed by atoms with Crippen molar-refractivity contribution in [1.82, 2.24) is 15.5 Å². The van der Waals surface area contributed by atoms with Gasteiger partial charge in [0.05, 0.1) is 29.4 Å². The molecule has 0 fully saturated rings. The van der Waals surface area contributed by atoms with Gasteiger partial charge in [0.15, 0.2) is 0 Å². The summed E-state index contributed by atoms with van der Waals surface area (Å²) >= 11 is 0. The van der Waals surface area contributed by atoms with Crippen LogP contribution in [-0.4, -0.2) is 43.0 Å². The minimum Gasteiger partial charge on any atom is -0.359 e. The summed E-state index contributed by atoms with van der Waals surface area (Å²) < 4.78 is 40.8. The lowest BCUT2D eigenvalue weighted by Crippen LogP contribution is -2.53. The van der Waals surface area contributed by atoms with Crippen LogP contribution in [0.5, 0.6) is 0 Å². The number of hydrogen-bond donors (Lipinski definition) is 2. The smallest absolute Gasteiger partial charge is 0.359 e. The first-order chi connectivity index (χ1) is 20.0. The number of amides is 5. The minimum absolute atomic E-state index is 0.0437. The summed E-state index contributed by atoms with van der Waals surface area (Å²) in [4.78, 5) is 40.6. The number of rotatable bonds is 7. The summed E-state index contributed by atoms with van der Waals surface area (Å²) in [7, 11) is 1.50. The molecule has 1 aliphatic heterocycles. The SMILES string of the molecule is CNC(=O)CCCNC(=O)N1CC(c2ccccc2-c2ccc(C#N)cc2)=C(C)N(c2cccc(C(F)(F)F)c2)C1=O. The molecule has 5 amide bonds. The van der Waals surface area contributed by atoms with Crippen molar-refractivity contribution in [2.45, 2.75) is 25.9 Å². The molecule has 0 aliphatic carbocycles. The molecule has 0 aromatic heterocycles. The summed E-state index contributed by atoms with van der Waals surface area (Å²) in [5.74, 6) is -0.200. The predicted molar refractivity (Wildman–Crippen MR) is 152 cm³/mol. The van der Waals surface area contributed by atoms with Crippen LogP contribution < -0.4 is 15.5 Å². The molecule has 0 spiro atoms. The maximum atomic E-state index is 13.7. The van der Waals surface area contributed by atoms with Crippen molar-refractivity contribution in [2.75, 3.05) is 25.0 Å². The number of benzene rings is 3. The van der Waals surface area contributed by atoms with Crippen LogP contribution in [0, 0.1) is 11.3 Å². The lowest BCUT2D eigenvalue weighted by Gasteiger charge is -2.37. The van der Waals surface area contributed by atoms with Crippen LogP contribution in [0.25, 0.3) is 16.7 Å². The highest BCUT2D eigenvalue weighted by molar-refractivity contribution is 6.09. The van der Waals surface area contributed by atoms with Gasteiger partial charge in [-0.05, 0) is 65.9 Å². The Morgan fingerprint density at radius 3 is 2.33 bits per heavy atom. The van der Waals surface area contributed by atoms with Gasteiger partial charge in [-0.25, -0.2) is 14.5 Å². The quantitative estimate of drug-likeness (QED) is 0.330. The highest BCUT2D eigenvalue weighted by atomic mass is 19.4. The van der Waals surface area contributed by atoms with Gasteiger partial charge < -0.3 is 10.6 Å². The number of alkyl halides is 3. The highest BCUT2D eigenvalue weighted by Gasteiger charge is 2.38. The van der Waals surface area contributed by atoms with Crippen molar-refractivity contribution < 1.29 is 27.6 Å². The third-order valence-electron chi connectivity index (χ3n) is 6.90. The molecule has 0 radical (unpaired) electrons. The zero-order chi connectivity index (χ0) is 30.4. The molecule has 8 nitrogen and oxygen atoms in total. The number of carbonyl (C=O) groups excluding carboxylic acids is 3. The summed E-state index contributed by atoms with van der Waals surface area (Å²) in [6, 6.07) is 19.1. The van der Waals surface area contributed by atoms with Gasteiger partial charge in [-0.2, -0.15) is 18.4 Å². The van der Waals surface area contributed by atoms with Gasteiger partial charge in [-0.3, -0.25) is 9.69 Å². The average molecular weight is 576 g/mol. The number of nitrogens with one attached hydrogen (secondary N) is 2. The van der Waals surface area contributed by atoms with Crippen LogP contribution in [0.3, 0.4) is 0 Å². The van der Waals surface area contributed by atoms with Crippen molar-refractivity contribution in [3.05, 3.63) is 95.2 Å². The molecule has 0 unspecified atom stereocenters. The van der Waals surface area contributed by atoms with Gasteiger partial charge in [0.1, 0.15) is 0 Å². The maximum Gasteiger partial charge on any atom is 0.416 e. The molecule has 3 aromatic carbocycles. The fraction of sp³-hybridized carbons (Fsp3) is 0.226. The number of nitrogens with zero attached hydrogens (tertiary/aromatic N) is 3. The summed E-state index contributed by atoms with van der Waals surface area (Å²) in [5, 5.41) is 14.3. The molecular formula is C31H28F3N5O3. The monoisotopic (exact) mass is 575 g/mol. The van der Waals surface area contributed by atoms with Gasteiger partial charge in [0.25, 0.3) is 0 Å². The van der Waals surface area contributed by atoms with Crippen molar-refractivity contribution >= 4 is 29.2 Å². The van der Waals surface area contributed by atoms with E-state index in [0.717, 1.165) is 33.1 Å². The Balaban J connectivity index is 1.79. The number of imide groups is 1. The molecule has 216 valence electrons. The fourth-order valence-corrected chi connectivity index (χ4v) is 4.69. The molecule has 0 atom stereocenters. The first-order valence-corrected chi connectivity index (χ1v) is 13.1. The average Bonchev–Trinajstić information content (AvgIpc) is 2.99. The van der Waals surface area contributed by atoms with Gasteiger partial charge in [-0.1, -0.05) is 42.5 Å². The molecule has 11 heteroatoms. The Kier molecular flexibility index (Phi) is 8.96. The van der Waals surface area contributed by atoms with Crippen molar-refractivity contribution in [3.63, 3.8) is 0 Å². The van der Waals surface area contributed by atoms with E-state index in [1.807, 2.05) is 18.2 Å². The first-order valence-electron chi connectivity index (χ1n) is 13.1. The molecule has 2 N–H and O–H groups in total. The Bertz CT molecular complexity index is 1580. The van der Waals surface area contributed by atoms with Crippen LogP contribution >= 0.6 is 0 Å². The fourth-order valence-electron chi connectivity index (χ4n) is 4.69. The molecule has 4 rings (SSSR count). The molecule has 1 aliphatic rings. The molecular weight excluding hydrogens is 547 g/mol. The summed E-state index contributed by atoms with van der Waals surface area (Å²) in [5.41, 5.74) is 2.61. The number of nitriles is 1. The van der Waals surface area contributed by atoms with E-state index in [1.54, 1.807) is 37.3 Å². The number of anilines is 1. The Hall–Kier alpha value is -5.11. The van der Waals surface area contributed by atoms with E-state index in [-0.39, 0.29) is 31.1 Å². The number of allylic oxidation sites excluding steroid dienone is 1. The molecule has 0 saturated carbocycles. The number of urea groups is 2. The van der Waals surface area contributed by atoms with E-state index < -0.39 is 23.8 Å². The van der Waals surface area contributed by atoms with E-state index in [1.165, 1.54) is 19.2 Å². The van der Waals surface area contributed by atoms with Crippen molar-refractivity contribution in [2.24, 2.45) is 0 Å². The van der Waals surface area contributed by atoms with Gasteiger partial charge in [0, 0.05) is 25.7 Å². The third-order valence-corrected chi connectivity index (χ3v) is 6.90. The number of carbonyl (C=O) groups is 3. The largest absolute Gasteiger partial charge is 0.416 e. The highest BCUT2D eigenvalue weighted by Crippen LogP contribution is 2.38. The minimum atomic E-state index is -4.64. The summed E-state index contributed by atoms with van der Waals surface area (Å²) in [6.45, 7) is 1.59. The maximum absolute atomic E-state index is 13.7. The van der Waals surface area contributed by atoms with Crippen LogP contribution in [0.1, 0.15) is 36.5 Å². The lowest BCUT2D eigenvalue weighted by atomic mass is 9.91. The first kappa shape index (κ1) is 29.9. The van der Waals surface area contributed by atoms with E-state index in [2.05, 4.69) is 16.7 Å². The van der Waals surface area contributed by atoms with Gasteiger partial charge in [-0.15, -0.1) is 0 Å². The van der Waals surface area contributed by atoms with Gasteiger partial charge >= 0.3 is 18.2 Å². The number of hydrogen-bond acceptors (Lipinski definition) is 4. The Labute approximate surface area is 241 Å². The Morgan fingerprint density at radius 1 is 1.00 bits per heavy atom. The van der Waals surface area contributed by atoms with E-state index in [0.29, 0.717) is 28.8 Å². The lowest BCUT2D eigenvalue weighted by molar-refractivity contribution is -0.137. The van der Waals surface area contributed by atoms with Crippen LogP contribution in [0.4, 0.5) is 28.4 Å². The zero-order valence-electron chi connectivity index (χ0n) is 23.0. The molecule has 0 bridgehead atoms. The molecule has 0 saturated heterocycles. The van der Waals surface area contributed by atoms with Crippen molar-refractivity contribution in [3.8, 4) is 17.2 Å². The summed E-state index contributed by atoms with van der Waals surface area (Å²) in [6.07, 6.45) is -4.14. The van der Waals surface area contributed by atoms with Crippen LogP contribution in [-0.2, 0) is 11.0 Å².